The lowest BCUT2D eigenvalue weighted by Gasteiger charge is -2.34. The van der Waals surface area contributed by atoms with Crippen LogP contribution in [0.3, 0.4) is 0 Å². The first-order chi connectivity index (χ1) is 27.6. The molecule has 11 heteroatoms. The molecule has 7 aromatic rings. The van der Waals surface area contributed by atoms with E-state index in [1.165, 1.54) is 0 Å². The quantitative estimate of drug-likeness (QED) is 0.109. The molecule has 0 aliphatic carbocycles. The number of phenols is 2. The van der Waals surface area contributed by atoms with Crippen LogP contribution in [0.4, 0.5) is 5.82 Å². The molecule has 0 fully saturated rings. The molecule has 1 aliphatic rings. The molecule has 4 N–H and O–H groups in total. The maximum atomic E-state index is 13.8. The monoisotopic (exact) mass is 756 g/mol. The first kappa shape index (κ1) is 37.1. The van der Waals surface area contributed by atoms with Gasteiger partial charge in [-0.3, -0.25) is 25.0 Å². The van der Waals surface area contributed by atoms with Gasteiger partial charge in [0.05, 0.1) is 17.8 Å². The van der Waals surface area contributed by atoms with Crippen LogP contribution in [0.2, 0.25) is 0 Å². The summed E-state index contributed by atoms with van der Waals surface area (Å²) in [5.41, 5.74) is 5.80. The van der Waals surface area contributed by atoms with Crippen molar-refractivity contribution in [2.75, 3.05) is 4.90 Å². The molecule has 0 saturated heterocycles. The third-order valence-corrected chi connectivity index (χ3v) is 10.8. The van der Waals surface area contributed by atoms with Crippen molar-refractivity contribution in [3.8, 4) is 22.8 Å². The van der Waals surface area contributed by atoms with Crippen LogP contribution in [-0.4, -0.2) is 46.3 Å². The van der Waals surface area contributed by atoms with Crippen molar-refractivity contribution in [1.82, 2.24) is 35.1 Å². The molecule has 3 unspecified atom stereocenters. The fourth-order valence-electron chi connectivity index (χ4n) is 7.66. The average molecular weight is 757 g/mol. The molecule has 0 spiro atoms. The number of aryl methyl sites for hydroxylation is 2. The van der Waals surface area contributed by atoms with Gasteiger partial charge in [0.1, 0.15) is 39.8 Å². The number of rotatable bonds is 10. The van der Waals surface area contributed by atoms with Crippen molar-refractivity contribution in [3.63, 3.8) is 0 Å². The van der Waals surface area contributed by atoms with Crippen molar-refractivity contribution < 1.29 is 15.0 Å². The smallest absolute Gasteiger partial charge is 0.228 e. The van der Waals surface area contributed by atoms with Crippen molar-refractivity contribution in [2.24, 2.45) is 7.05 Å². The molecule has 57 heavy (non-hydrogen) atoms. The molecule has 0 radical (unpaired) electrons. The number of hydrogen-bond acceptors (Lipinski definition) is 9. The minimum Gasteiger partial charge on any atom is -0.505 e. The number of fused-ring (bicyclic) bond motifs is 2. The maximum Gasteiger partial charge on any atom is 0.228 e. The van der Waals surface area contributed by atoms with Crippen molar-refractivity contribution >= 4 is 33.5 Å². The molecule has 11 nitrogen and oxygen atoms in total. The number of carbonyl (C=O) groups is 1. The van der Waals surface area contributed by atoms with Crippen molar-refractivity contribution in [2.45, 2.75) is 51.9 Å². The second-order valence-electron chi connectivity index (χ2n) is 14.6. The van der Waals surface area contributed by atoms with Crippen LogP contribution in [0.15, 0.2) is 128 Å². The zero-order valence-electron chi connectivity index (χ0n) is 32.5. The number of anilines is 1. The van der Waals surface area contributed by atoms with E-state index in [1.807, 2.05) is 149 Å². The summed E-state index contributed by atoms with van der Waals surface area (Å²) in [4.78, 5) is 34.5. The number of aromatic hydroxyl groups is 2. The number of phenolic OH excluding ortho intramolecular Hbond substituents is 2. The van der Waals surface area contributed by atoms with E-state index in [4.69, 9.17) is 9.97 Å². The summed E-state index contributed by atoms with van der Waals surface area (Å²) in [5, 5.41) is 32.3. The van der Waals surface area contributed by atoms with E-state index < -0.39 is 17.7 Å². The second kappa shape index (κ2) is 15.0. The third-order valence-electron chi connectivity index (χ3n) is 10.8. The van der Waals surface area contributed by atoms with E-state index in [2.05, 4.69) is 20.6 Å². The van der Waals surface area contributed by atoms with Gasteiger partial charge in [0.15, 0.2) is 0 Å². The number of aromatic nitrogens is 5. The molecule has 1 aliphatic heterocycles. The van der Waals surface area contributed by atoms with Gasteiger partial charge >= 0.3 is 0 Å². The van der Waals surface area contributed by atoms with Crippen molar-refractivity contribution in [1.29, 1.82) is 0 Å². The van der Waals surface area contributed by atoms with Crippen LogP contribution in [-0.2, 0) is 11.8 Å². The number of dihydropyridines is 1. The highest BCUT2D eigenvalue weighted by atomic mass is 16.3. The molecule has 3 atom stereocenters. The van der Waals surface area contributed by atoms with E-state index in [0.29, 0.717) is 44.9 Å². The largest absolute Gasteiger partial charge is 0.505 e. The van der Waals surface area contributed by atoms with E-state index in [9.17, 15) is 15.0 Å². The summed E-state index contributed by atoms with van der Waals surface area (Å²) in [6.45, 7) is 7.92. The van der Waals surface area contributed by atoms with Gasteiger partial charge in [0.25, 0.3) is 0 Å². The van der Waals surface area contributed by atoms with Crippen LogP contribution >= 0.6 is 0 Å². The number of nitrogens with zero attached hydrogens (tertiary/aromatic N) is 6. The van der Waals surface area contributed by atoms with Gasteiger partial charge in [-0.05, 0) is 80.1 Å². The summed E-state index contributed by atoms with van der Waals surface area (Å²) in [6.07, 6.45) is 15.0. The Hall–Kier alpha value is -6.85. The standard InChI is InChI=1S/C46H44N8O3/c1-6-38(55)54(37-16-7-9-22-47-37)42(33-15-11-13-28(2)29(33)3)35-20-18-31-25-32(26-49-40(31)44(35)57)36-27-53(5)45(51-36)41(52-46(4)21-8-10-24-50-46)34-19-17-30-14-12-23-48-39(30)43(34)56/h7-27,41-42,50,52,56-57H,6H2,1-5H3. The van der Waals surface area contributed by atoms with Crippen LogP contribution in [0.1, 0.15) is 66.0 Å². The Labute approximate surface area is 331 Å². The van der Waals surface area contributed by atoms with Gasteiger partial charge in [-0.25, -0.2) is 9.97 Å². The van der Waals surface area contributed by atoms with Gasteiger partial charge in [-0.15, -0.1) is 0 Å². The first-order valence-electron chi connectivity index (χ1n) is 19.0. The third kappa shape index (κ3) is 6.87. The Kier molecular flexibility index (Phi) is 9.76. The van der Waals surface area contributed by atoms with Crippen molar-refractivity contribution in [3.05, 3.63) is 162 Å². The molecule has 0 bridgehead atoms. The Morgan fingerprint density at radius 3 is 2.42 bits per heavy atom. The molecule has 5 heterocycles. The molecule has 1 amide bonds. The molecule has 4 aromatic heterocycles. The zero-order valence-corrected chi connectivity index (χ0v) is 32.5. The first-order valence-corrected chi connectivity index (χ1v) is 19.0. The Bertz CT molecular complexity index is 2710. The number of carbonyl (C=O) groups excluding carboxylic acids is 1. The summed E-state index contributed by atoms with van der Waals surface area (Å²) in [5.74, 6) is 1.08. The predicted octanol–water partition coefficient (Wildman–Crippen LogP) is 8.21. The van der Waals surface area contributed by atoms with Crippen LogP contribution < -0.4 is 15.5 Å². The number of benzene rings is 3. The Morgan fingerprint density at radius 1 is 0.877 bits per heavy atom. The van der Waals surface area contributed by atoms with Crippen LogP contribution in [0.5, 0.6) is 11.5 Å². The van der Waals surface area contributed by atoms with Gasteiger partial charge in [0, 0.05) is 65.7 Å². The maximum absolute atomic E-state index is 13.8. The highest BCUT2D eigenvalue weighted by molar-refractivity contribution is 5.95. The summed E-state index contributed by atoms with van der Waals surface area (Å²) >= 11 is 0. The minimum atomic E-state index is -0.673. The Morgan fingerprint density at radius 2 is 1.65 bits per heavy atom. The summed E-state index contributed by atoms with van der Waals surface area (Å²) < 4.78 is 1.94. The van der Waals surface area contributed by atoms with Gasteiger partial charge in [-0.1, -0.05) is 67.6 Å². The lowest BCUT2D eigenvalue weighted by molar-refractivity contribution is -0.118. The predicted molar refractivity (Wildman–Crippen MR) is 224 cm³/mol. The number of amides is 1. The van der Waals surface area contributed by atoms with Gasteiger partial charge in [-0.2, -0.15) is 0 Å². The topological polar surface area (TPSA) is 141 Å². The highest BCUT2D eigenvalue weighted by Gasteiger charge is 2.34. The van der Waals surface area contributed by atoms with E-state index in [1.54, 1.807) is 23.5 Å². The highest BCUT2D eigenvalue weighted by Crippen LogP contribution is 2.42. The fourth-order valence-corrected chi connectivity index (χ4v) is 7.66. The number of nitrogens with one attached hydrogen (secondary N) is 2. The lowest BCUT2D eigenvalue weighted by Crippen LogP contribution is -2.53. The Balaban J connectivity index is 1.22. The van der Waals surface area contributed by atoms with Gasteiger partial charge in [0.2, 0.25) is 5.91 Å². The fraction of sp³-hybridized carbons (Fsp3) is 0.196. The second-order valence-corrected chi connectivity index (χ2v) is 14.6. The minimum absolute atomic E-state index is 0.0171. The van der Waals surface area contributed by atoms with Crippen LogP contribution in [0, 0.1) is 13.8 Å². The molecular weight excluding hydrogens is 713 g/mol. The molecule has 8 rings (SSSR count). The summed E-state index contributed by atoms with van der Waals surface area (Å²) in [6, 6.07) is 23.6. The van der Waals surface area contributed by atoms with Crippen LogP contribution in [0.25, 0.3) is 33.1 Å². The number of pyridine rings is 3. The molecule has 286 valence electrons. The summed E-state index contributed by atoms with van der Waals surface area (Å²) in [7, 11) is 1.92. The number of hydrogen-bond donors (Lipinski definition) is 4. The zero-order chi connectivity index (χ0) is 39.8. The van der Waals surface area contributed by atoms with Gasteiger partial charge < -0.3 is 20.1 Å². The van der Waals surface area contributed by atoms with E-state index in [-0.39, 0.29) is 23.8 Å². The molecule has 0 saturated carbocycles. The number of imidazole rings is 1. The average Bonchev–Trinajstić information content (AvgIpc) is 3.62. The number of allylic oxidation sites excluding steroid dienone is 2. The molecule has 3 aromatic carbocycles. The molecular formula is C46H44N8O3. The lowest BCUT2D eigenvalue weighted by atomic mass is 9.89. The van der Waals surface area contributed by atoms with E-state index in [0.717, 1.165) is 27.6 Å². The SMILES string of the molecule is CCC(=O)N(c1ccccn1)C(c1cccc(C)c1C)c1ccc2cc(-c3cn(C)c(C(NC4(C)C=CC=CN4)c4ccc5cccnc5c4O)n3)cnc2c1O. The normalized spacial score (nSPS) is 16.1. The van der Waals surface area contributed by atoms with E-state index >= 15 is 0 Å².